The molecule has 1 aromatic heterocycles. The third-order valence-corrected chi connectivity index (χ3v) is 4.04. The Bertz CT molecular complexity index is 437. The van der Waals surface area contributed by atoms with E-state index in [2.05, 4.69) is 60.6 Å². The number of halogens is 1. The molecule has 1 rings (SSSR count). The van der Waals surface area contributed by atoms with Crippen LogP contribution < -0.4 is 5.32 Å². The molecule has 0 aliphatic rings. The number of ether oxygens (including phenoxy) is 1. The molecule has 1 unspecified atom stereocenters. The van der Waals surface area contributed by atoms with E-state index in [0.717, 1.165) is 33.7 Å². The van der Waals surface area contributed by atoms with Gasteiger partial charge in [-0.15, -0.1) is 0 Å². The summed E-state index contributed by atoms with van der Waals surface area (Å²) in [4.78, 5) is 9.45. The summed E-state index contributed by atoms with van der Waals surface area (Å²) in [5, 5.41) is 3.17. The highest BCUT2D eigenvalue weighted by Crippen LogP contribution is 2.31. The topological polar surface area (TPSA) is 47.0 Å². The van der Waals surface area contributed by atoms with E-state index < -0.39 is 0 Å². The van der Waals surface area contributed by atoms with Gasteiger partial charge < -0.3 is 10.1 Å². The molecule has 0 saturated carbocycles. The van der Waals surface area contributed by atoms with E-state index in [1.165, 1.54) is 0 Å². The smallest absolute Gasteiger partial charge is 0.159 e. The first-order valence-corrected chi connectivity index (χ1v) is 8.30. The Morgan fingerprint density at radius 1 is 1.25 bits per heavy atom. The van der Waals surface area contributed by atoms with Gasteiger partial charge in [0.05, 0.1) is 9.26 Å². The molecule has 0 radical (unpaired) electrons. The molecule has 1 aromatic rings. The minimum absolute atomic E-state index is 0.0111. The first-order chi connectivity index (χ1) is 9.35. The third-order valence-electron chi connectivity index (χ3n) is 3.02. The molecule has 1 heterocycles. The van der Waals surface area contributed by atoms with Crippen molar-refractivity contribution in [2.24, 2.45) is 0 Å². The fourth-order valence-electron chi connectivity index (χ4n) is 2.02. The zero-order chi connectivity index (χ0) is 15.3. The van der Waals surface area contributed by atoms with Crippen LogP contribution in [0, 0.1) is 3.57 Å². The van der Waals surface area contributed by atoms with Gasteiger partial charge in [-0.1, -0.05) is 34.1 Å². The van der Waals surface area contributed by atoms with Crippen LogP contribution in [-0.4, -0.2) is 23.6 Å². The molecule has 1 N–H and O–H groups in total. The van der Waals surface area contributed by atoms with Gasteiger partial charge >= 0.3 is 0 Å². The molecule has 0 saturated heterocycles. The second kappa shape index (κ2) is 7.54. The molecular weight excluding hydrogens is 365 g/mol. The lowest BCUT2D eigenvalue weighted by atomic mass is 9.91. The van der Waals surface area contributed by atoms with Crippen molar-refractivity contribution in [2.45, 2.75) is 59.0 Å². The normalized spacial score (nSPS) is 13.3. The maximum absolute atomic E-state index is 5.82. The molecular formula is C15H26IN3O. The van der Waals surface area contributed by atoms with Crippen molar-refractivity contribution in [1.29, 1.82) is 0 Å². The average Bonchev–Trinajstić information content (AvgIpc) is 2.37. The molecule has 0 aliphatic heterocycles. The van der Waals surface area contributed by atoms with Gasteiger partial charge in [0, 0.05) is 19.1 Å². The molecule has 0 amide bonds. The van der Waals surface area contributed by atoms with Crippen LogP contribution in [0.4, 0.5) is 5.82 Å². The lowest BCUT2D eigenvalue weighted by Crippen LogP contribution is -2.21. The van der Waals surface area contributed by atoms with Crippen molar-refractivity contribution in [3.8, 4) is 0 Å². The molecule has 20 heavy (non-hydrogen) atoms. The molecule has 0 fully saturated rings. The van der Waals surface area contributed by atoms with Crippen molar-refractivity contribution < 1.29 is 4.74 Å². The highest BCUT2D eigenvalue weighted by Gasteiger charge is 2.25. The molecule has 0 aromatic carbocycles. The van der Waals surface area contributed by atoms with Gasteiger partial charge in [0.15, 0.2) is 5.82 Å². The summed E-state index contributed by atoms with van der Waals surface area (Å²) < 4.78 is 6.91. The number of hydrogen-bond acceptors (Lipinski definition) is 4. The Morgan fingerprint density at radius 3 is 2.35 bits per heavy atom. The predicted octanol–water partition coefficient (Wildman–Crippen LogP) is 4.30. The summed E-state index contributed by atoms with van der Waals surface area (Å²) in [5.41, 5.74) is 1.07. The molecule has 4 nitrogen and oxygen atoms in total. The fourth-order valence-corrected chi connectivity index (χ4v) is 3.34. The molecule has 5 heteroatoms. The van der Waals surface area contributed by atoms with Gasteiger partial charge in [-0.3, -0.25) is 0 Å². The molecule has 1 atom stereocenters. The van der Waals surface area contributed by atoms with Crippen LogP contribution >= 0.6 is 22.6 Å². The Morgan fingerprint density at radius 2 is 1.90 bits per heavy atom. The SMILES string of the molecule is CCCC(OCC)c1nc(NC)c(I)c(C(C)(C)C)n1. The highest BCUT2D eigenvalue weighted by molar-refractivity contribution is 14.1. The van der Waals surface area contributed by atoms with Gasteiger partial charge in [0.25, 0.3) is 0 Å². The van der Waals surface area contributed by atoms with E-state index in [1.54, 1.807) is 0 Å². The lowest BCUT2D eigenvalue weighted by molar-refractivity contribution is 0.0491. The summed E-state index contributed by atoms with van der Waals surface area (Å²) in [6.07, 6.45) is 1.98. The van der Waals surface area contributed by atoms with Crippen molar-refractivity contribution in [3.63, 3.8) is 0 Å². The average molecular weight is 391 g/mol. The van der Waals surface area contributed by atoms with Crippen LogP contribution in [0.2, 0.25) is 0 Å². The van der Waals surface area contributed by atoms with Crippen molar-refractivity contribution >= 4 is 28.4 Å². The van der Waals surface area contributed by atoms with E-state index >= 15 is 0 Å². The van der Waals surface area contributed by atoms with Crippen molar-refractivity contribution in [2.75, 3.05) is 19.0 Å². The van der Waals surface area contributed by atoms with Gasteiger partial charge in [-0.2, -0.15) is 0 Å². The Kier molecular flexibility index (Phi) is 6.64. The standard InChI is InChI=1S/C15H26IN3O/c1-7-9-10(20-8-2)13-18-12(15(3,4)5)11(16)14(17-6)19-13/h10H,7-9H2,1-6H3,(H,17,18,19). The van der Waals surface area contributed by atoms with Gasteiger partial charge in [0.2, 0.25) is 0 Å². The van der Waals surface area contributed by atoms with Crippen LogP contribution in [0.15, 0.2) is 0 Å². The highest BCUT2D eigenvalue weighted by atomic mass is 127. The van der Waals surface area contributed by atoms with Gasteiger partial charge in [-0.05, 0) is 35.9 Å². The molecule has 114 valence electrons. The fraction of sp³-hybridized carbons (Fsp3) is 0.733. The maximum Gasteiger partial charge on any atom is 0.159 e. The third kappa shape index (κ3) is 4.28. The number of aromatic nitrogens is 2. The molecule has 0 spiro atoms. The lowest BCUT2D eigenvalue weighted by Gasteiger charge is -2.24. The quantitative estimate of drug-likeness (QED) is 0.735. The Balaban J connectivity index is 3.32. The van der Waals surface area contributed by atoms with E-state index in [9.17, 15) is 0 Å². The van der Waals surface area contributed by atoms with Gasteiger partial charge in [0.1, 0.15) is 11.9 Å². The number of anilines is 1. The van der Waals surface area contributed by atoms with E-state index in [4.69, 9.17) is 9.72 Å². The first-order valence-electron chi connectivity index (χ1n) is 7.22. The summed E-state index contributed by atoms with van der Waals surface area (Å²) in [5.74, 6) is 1.68. The molecule has 0 bridgehead atoms. The second-order valence-electron chi connectivity index (χ2n) is 5.83. The summed E-state index contributed by atoms with van der Waals surface area (Å²) in [6, 6.07) is 0. The summed E-state index contributed by atoms with van der Waals surface area (Å²) >= 11 is 2.32. The van der Waals surface area contributed by atoms with Crippen molar-refractivity contribution in [3.05, 3.63) is 15.1 Å². The van der Waals surface area contributed by atoms with Crippen LogP contribution in [0.25, 0.3) is 0 Å². The largest absolute Gasteiger partial charge is 0.372 e. The second-order valence-corrected chi connectivity index (χ2v) is 6.90. The summed E-state index contributed by atoms with van der Waals surface area (Å²) in [6.45, 7) is 11.4. The van der Waals surface area contributed by atoms with E-state index in [1.807, 2.05) is 14.0 Å². The van der Waals surface area contributed by atoms with Crippen LogP contribution in [0.3, 0.4) is 0 Å². The van der Waals surface area contributed by atoms with E-state index in [0.29, 0.717) is 6.61 Å². The number of hydrogen-bond donors (Lipinski definition) is 1. The zero-order valence-corrected chi connectivity index (χ0v) is 15.5. The monoisotopic (exact) mass is 391 g/mol. The molecule has 0 aliphatic carbocycles. The Hall–Kier alpha value is -0.430. The maximum atomic E-state index is 5.82. The predicted molar refractivity (Wildman–Crippen MR) is 92.3 cm³/mol. The first kappa shape index (κ1) is 17.6. The minimum atomic E-state index is -0.0183. The van der Waals surface area contributed by atoms with Crippen LogP contribution in [0.5, 0.6) is 0 Å². The number of nitrogens with zero attached hydrogens (tertiary/aromatic N) is 2. The van der Waals surface area contributed by atoms with Gasteiger partial charge in [-0.25, -0.2) is 9.97 Å². The van der Waals surface area contributed by atoms with Crippen LogP contribution in [-0.2, 0) is 10.2 Å². The summed E-state index contributed by atoms with van der Waals surface area (Å²) in [7, 11) is 1.90. The van der Waals surface area contributed by atoms with E-state index in [-0.39, 0.29) is 11.5 Å². The van der Waals surface area contributed by atoms with Crippen molar-refractivity contribution in [1.82, 2.24) is 9.97 Å². The number of nitrogens with one attached hydrogen (secondary N) is 1. The minimum Gasteiger partial charge on any atom is -0.372 e. The zero-order valence-electron chi connectivity index (χ0n) is 13.4. The van der Waals surface area contributed by atoms with Crippen LogP contribution in [0.1, 0.15) is 65.1 Å². The Labute approximate surface area is 136 Å². The number of rotatable bonds is 6.